The lowest BCUT2D eigenvalue weighted by atomic mass is 9.81. The minimum Gasteiger partial charge on any atom is -0.274 e. The first-order valence-corrected chi connectivity index (χ1v) is 6.63. The Morgan fingerprint density at radius 3 is 1.94 bits per heavy atom. The minimum atomic E-state index is -0.0625. The van der Waals surface area contributed by atoms with Crippen LogP contribution in [-0.4, -0.2) is 11.8 Å². The summed E-state index contributed by atoms with van der Waals surface area (Å²) in [5.41, 5.74) is 1.86. The highest BCUT2D eigenvalue weighted by Crippen LogP contribution is 2.39. The summed E-state index contributed by atoms with van der Waals surface area (Å²) in [7, 11) is 0. The van der Waals surface area contributed by atoms with Crippen molar-refractivity contribution < 1.29 is 9.59 Å². The van der Waals surface area contributed by atoms with Crippen molar-refractivity contribution in [1.82, 2.24) is 0 Å². The monoisotopic (exact) mass is 243 g/mol. The fourth-order valence-electron chi connectivity index (χ4n) is 3.11. The molecule has 1 aliphatic heterocycles. The standard InChI is InChI=1S/C15H17NO2/c1-10-6-8-11(9-7-10)16-14(17)12-4-2-3-5-13(12)15(16)18/h6-9,12-13H,2-5H2,1H3/t12-,13-/m1/s1. The third-order valence-corrected chi connectivity index (χ3v) is 4.13. The maximum Gasteiger partial charge on any atom is 0.237 e. The molecule has 1 saturated heterocycles. The maximum atomic E-state index is 12.3. The van der Waals surface area contributed by atoms with Crippen molar-refractivity contribution in [3.05, 3.63) is 29.8 Å². The fraction of sp³-hybridized carbons (Fsp3) is 0.467. The topological polar surface area (TPSA) is 37.4 Å². The number of hydrogen-bond acceptors (Lipinski definition) is 2. The van der Waals surface area contributed by atoms with Crippen molar-refractivity contribution >= 4 is 17.5 Å². The first kappa shape index (κ1) is 11.5. The van der Waals surface area contributed by atoms with E-state index >= 15 is 0 Å². The Morgan fingerprint density at radius 2 is 1.44 bits per heavy atom. The molecule has 1 aromatic rings. The van der Waals surface area contributed by atoms with Crippen LogP contribution in [0.3, 0.4) is 0 Å². The number of benzene rings is 1. The number of fused-ring (bicyclic) bond motifs is 1. The van der Waals surface area contributed by atoms with E-state index in [4.69, 9.17) is 0 Å². The molecule has 1 saturated carbocycles. The van der Waals surface area contributed by atoms with Gasteiger partial charge < -0.3 is 0 Å². The summed E-state index contributed by atoms with van der Waals surface area (Å²) in [4.78, 5) is 26.1. The largest absolute Gasteiger partial charge is 0.274 e. The zero-order valence-electron chi connectivity index (χ0n) is 10.6. The van der Waals surface area contributed by atoms with Crippen molar-refractivity contribution in [1.29, 1.82) is 0 Å². The van der Waals surface area contributed by atoms with Crippen molar-refractivity contribution in [3.63, 3.8) is 0 Å². The van der Waals surface area contributed by atoms with Crippen LogP contribution >= 0.6 is 0 Å². The molecular formula is C15H17NO2. The summed E-state index contributed by atoms with van der Waals surface area (Å²) >= 11 is 0. The van der Waals surface area contributed by atoms with Gasteiger partial charge in [-0.2, -0.15) is 0 Å². The third kappa shape index (κ3) is 1.65. The molecule has 18 heavy (non-hydrogen) atoms. The number of carbonyl (C=O) groups is 2. The number of nitrogens with zero attached hydrogens (tertiary/aromatic N) is 1. The van der Waals surface area contributed by atoms with Gasteiger partial charge in [0.05, 0.1) is 17.5 Å². The molecule has 2 fully saturated rings. The Kier molecular flexibility index (Phi) is 2.69. The number of rotatable bonds is 1. The molecule has 1 heterocycles. The van der Waals surface area contributed by atoms with Gasteiger partial charge in [0.15, 0.2) is 0 Å². The van der Waals surface area contributed by atoms with E-state index in [0.717, 1.165) is 36.9 Å². The molecular weight excluding hydrogens is 226 g/mol. The average Bonchev–Trinajstić information content (AvgIpc) is 2.64. The summed E-state index contributed by atoms with van der Waals surface area (Å²) in [6, 6.07) is 7.61. The number of anilines is 1. The van der Waals surface area contributed by atoms with Crippen molar-refractivity contribution in [3.8, 4) is 0 Å². The van der Waals surface area contributed by atoms with E-state index in [2.05, 4.69) is 0 Å². The van der Waals surface area contributed by atoms with Crippen molar-refractivity contribution in [2.24, 2.45) is 11.8 Å². The first-order valence-electron chi connectivity index (χ1n) is 6.63. The Balaban J connectivity index is 1.95. The van der Waals surface area contributed by atoms with Gasteiger partial charge in [0.25, 0.3) is 0 Å². The van der Waals surface area contributed by atoms with Gasteiger partial charge in [-0.15, -0.1) is 0 Å². The lowest BCUT2D eigenvalue weighted by Crippen LogP contribution is -2.30. The van der Waals surface area contributed by atoms with Crippen molar-refractivity contribution in [2.45, 2.75) is 32.6 Å². The molecule has 3 heteroatoms. The van der Waals surface area contributed by atoms with E-state index in [1.54, 1.807) is 0 Å². The summed E-state index contributed by atoms with van der Waals surface area (Å²) in [5.74, 6) is -0.109. The second-order valence-electron chi connectivity index (χ2n) is 5.34. The molecule has 1 aromatic carbocycles. The number of carbonyl (C=O) groups excluding carboxylic acids is 2. The van der Waals surface area contributed by atoms with Crippen LogP contribution in [-0.2, 0) is 9.59 Å². The van der Waals surface area contributed by atoms with Gasteiger partial charge >= 0.3 is 0 Å². The van der Waals surface area contributed by atoms with Crippen LogP contribution in [0, 0.1) is 18.8 Å². The molecule has 0 aromatic heterocycles. The van der Waals surface area contributed by atoms with Gasteiger partial charge in [-0.1, -0.05) is 30.5 Å². The Bertz CT molecular complexity index is 468. The summed E-state index contributed by atoms with van der Waals surface area (Å²) in [6.07, 6.45) is 3.89. The fourth-order valence-corrected chi connectivity index (χ4v) is 3.11. The van der Waals surface area contributed by atoms with Gasteiger partial charge in [-0.25, -0.2) is 0 Å². The molecule has 2 amide bonds. The molecule has 0 N–H and O–H groups in total. The highest BCUT2D eigenvalue weighted by molar-refractivity contribution is 6.22. The van der Waals surface area contributed by atoms with Crippen LogP contribution < -0.4 is 4.90 Å². The van der Waals surface area contributed by atoms with Crippen molar-refractivity contribution in [2.75, 3.05) is 4.90 Å². The lowest BCUT2D eigenvalue weighted by molar-refractivity contribution is -0.122. The zero-order valence-corrected chi connectivity index (χ0v) is 10.6. The second kappa shape index (κ2) is 4.23. The number of amides is 2. The molecule has 0 unspecified atom stereocenters. The summed E-state index contributed by atoms with van der Waals surface area (Å²) in [6.45, 7) is 2.00. The molecule has 0 radical (unpaired) electrons. The van der Waals surface area contributed by atoms with Gasteiger partial charge in [-0.05, 0) is 31.9 Å². The maximum absolute atomic E-state index is 12.3. The molecule has 0 bridgehead atoms. The van der Waals surface area contributed by atoms with E-state index in [-0.39, 0.29) is 23.7 Å². The molecule has 0 spiro atoms. The van der Waals surface area contributed by atoms with E-state index < -0.39 is 0 Å². The zero-order chi connectivity index (χ0) is 12.7. The van der Waals surface area contributed by atoms with E-state index in [1.165, 1.54) is 4.90 Å². The SMILES string of the molecule is Cc1ccc(N2C(=O)[C@@H]3CCCC[C@H]3C2=O)cc1. The van der Waals surface area contributed by atoms with Crippen LogP contribution in [0.1, 0.15) is 31.2 Å². The molecule has 3 nitrogen and oxygen atoms in total. The van der Waals surface area contributed by atoms with E-state index in [9.17, 15) is 9.59 Å². The molecule has 94 valence electrons. The van der Waals surface area contributed by atoms with Crippen LogP contribution in [0.25, 0.3) is 0 Å². The second-order valence-corrected chi connectivity index (χ2v) is 5.34. The highest BCUT2D eigenvalue weighted by atomic mass is 16.2. The smallest absolute Gasteiger partial charge is 0.237 e. The normalized spacial score (nSPS) is 27.5. The minimum absolute atomic E-state index is 0.00792. The Labute approximate surface area is 107 Å². The van der Waals surface area contributed by atoms with Crippen LogP contribution in [0.2, 0.25) is 0 Å². The summed E-state index contributed by atoms with van der Waals surface area (Å²) < 4.78 is 0. The Morgan fingerprint density at radius 1 is 0.944 bits per heavy atom. The van der Waals surface area contributed by atoms with Gasteiger partial charge in [0.1, 0.15) is 0 Å². The number of imide groups is 1. The summed E-state index contributed by atoms with van der Waals surface area (Å²) in [5, 5.41) is 0. The lowest BCUT2D eigenvalue weighted by Gasteiger charge is -2.19. The van der Waals surface area contributed by atoms with E-state index in [1.807, 2.05) is 31.2 Å². The Hall–Kier alpha value is -1.64. The number of aryl methyl sites for hydroxylation is 1. The predicted molar refractivity (Wildman–Crippen MR) is 69.1 cm³/mol. The predicted octanol–water partition coefficient (Wildman–Crippen LogP) is 2.67. The molecule has 1 aliphatic carbocycles. The third-order valence-electron chi connectivity index (χ3n) is 4.13. The molecule has 2 atom stereocenters. The quantitative estimate of drug-likeness (QED) is 0.711. The van der Waals surface area contributed by atoms with Crippen LogP contribution in [0.4, 0.5) is 5.69 Å². The van der Waals surface area contributed by atoms with E-state index in [0.29, 0.717) is 0 Å². The molecule has 2 aliphatic rings. The van der Waals surface area contributed by atoms with Gasteiger partial charge in [0.2, 0.25) is 11.8 Å². The van der Waals surface area contributed by atoms with Gasteiger partial charge in [-0.3, -0.25) is 14.5 Å². The number of hydrogen-bond donors (Lipinski definition) is 0. The highest BCUT2D eigenvalue weighted by Gasteiger charge is 2.48. The van der Waals surface area contributed by atoms with Gasteiger partial charge in [0, 0.05) is 0 Å². The van der Waals surface area contributed by atoms with Crippen LogP contribution in [0.5, 0.6) is 0 Å². The average molecular weight is 243 g/mol. The first-order chi connectivity index (χ1) is 8.68. The molecule has 3 rings (SSSR count). The van der Waals surface area contributed by atoms with Crippen LogP contribution in [0.15, 0.2) is 24.3 Å².